The first-order valence-electron chi connectivity index (χ1n) is 4.95. The van der Waals surface area contributed by atoms with E-state index in [4.69, 9.17) is 5.84 Å². The molecule has 3 heteroatoms. The highest BCUT2D eigenvalue weighted by molar-refractivity contribution is 4.68. The second-order valence-corrected chi connectivity index (χ2v) is 3.90. The van der Waals surface area contributed by atoms with Gasteiger partial charge in [-0.1, -0.05) is 19.3 Å². The van der Waals surface area contributed by atoms with Crippen molar-refractivity contribution in [2.75, 3.05) is 20.3 Å². The monoisotopic (exact) mass is 171 g/mol. The van der Waals surface area contributed by atoms with Crippen molar-refractivity contribution in [1.82, 2.24) is 10.3 Å². The highest BCUT2D eigenvalue weighted by atomic mass is 15.3. The Morgan fingerprint density at radius 1 is 1.33 bits per heavy atom. The largest absolute Gasteiger partial charge is 0.292 e. The zero-order chi connectivity index (χ0) is 8.81. The molecular formula is C9H21N3. The van der Waals surface area contributed by atoms with Gasteiger partial charge in [0, 0.05) is 6.54 Å². The van der Waals surface area contributed by atoms with Crippen LogP contribution in [0.1, 0.15) is 32.1 Å². The molecule has 0 atom stereocenters. The Balaban J connectivity index is 2.11. The summed E-state index contributed by atoms with van der Waals surface area (Å²) >= 11 is 0. The molecular weight excluding hydrogens is 150 g/mol. The lowest BCUT2D eigenvalue weighted by molar-refractivity contribution is 0.222. The van der Waals surface area contributed by atoms with Crippen molar-refractivity contribution in [3.05, 3.63) is 0 Å². The van der Waals surface area contributed by atoms with Crippen molar-refractivity contribution < 1.29 is 0 Å². The maximum atomic E-state index is 5.24. The highest BCUT2D eigenvalue weighted by Gasteiger charge is 2.14. The number of hydrogen-bond acceptors (Lipinski definition) is 3. The average molecular weight is 171 g/mol. The van der Waals surface area contributed by atoms with Crippen LogP contribution in [0.4, 0.5) is 0 Å². The Morgan fingerprint density at radius 2 is 2.00 bits per heavy atom. The fourth-order valence-corrected chi connectivity index (χ4v) is 2.03. The van der Waals surface area contributed by atoms with E-state index in [0.29, 0.717) is 0 Å². The minimum atomic E-state index is 0.802. The van der Waals surface area contributed by atoms with Gasteiger partial charge in [-0.2, -0.15) is 0 Å². The molecule has 0 bridgehead atoms. The molecule has 0 saturated heterocycles. The lowest BCUT2D eigenvalue weighted by atomic mass is 9.89. The summed E-state index contributed by atoms with van der Waals surface area (Å²) in [6.45, 7) is 2.00. The van der Waals surface area contributed by atoms with Crippen LogP contribution in [-0.2, 0) is 0 Å². The maximum Gasteiger partial charge on any atom is 0.0610 e. The first-order chi connectivity index (χ1) is 5.83. The molecule has 0 aromatic rings. The van der Waals surface area contributed by atoms with Crippen molar-refractivity contribution >= 4 is 0 Å². The van der Waals surface area contributed by atoms with Gasteiger partial charge >= 0.3 is 0 Å². The Labute approximate surface area is 75.3 Å². The fraction of sp³-hybridized carbons (Fsp3) is 1.00. The summed E-state index contributed by atoms with van der Waals surface area (Å²) in [7, 11) is 2.12. The van der Waals surface area contributed by atoms with Gasteiger partial charge in [-0.3, -0.25) is 10.7 Å². The Hall–Kier alpha value is -0.120. The van der Waals surface area contributed by atoms with E-state index in [9.17, 15) is 0 Å². The van der Waals surface area contributed by atoms with E-state index < -0.39 is 0 Å². The number of nitrogens with one attached hydrogen (secondary N) is 1. The number of nitrogens with zero attached hydrogens (tertiary/aromatic N) is 1. The van der Waals surface area contributed by atoms with E-state index in [-0.39, 0.29) is 0 Å². The Morgan fingerprint density at radius 3 is 2.58 bits per heavy atom. The molecule has 0 aromatic heterocycles. The van der Waals surface area contributed by atoms with Gasteiger partial charge in [0.25, 0.3) is 0 Å². The van der Waals surface area contributed by atoms with Crippen LogP contribution in [0.5, 0.6) is 0 Å². The molecule has 0 aliphatic heterocycles. The lowest BCUT2D eigenvalue weighted by Crippen LogP contribution is -2.38. The molecule has 3 N–H and O–H groups in total. The van der Waals surface area contributed by atoms with Crippen molar-refractivity contribution in [2.24, 2.45) is 11.8 Å². The van der Waals surface area contributed by atoms with Crippen LogP contribution >= 0.6 is 0 Å². The number of nitrogens with two attached hydrogens (primary N) is 1. The molecule has 0 unspecified atom stereocenters. The van der Waals surface area contributed by atoms with Crippen LogP contribution < -0.4 is 11.3 Å². The van der Waals surface area contributed by atoms with E-state index in [0.717, 1.165) is 12.6 Å². The molecule has 0 heterocycles. The van der Waals surface area contributed by atoms with Crippen molar-refractivity contribution in [2.45, 2.75) is 32.1 Å². The van der Waals surface area contributed by atoms with Gasteiger partial charge in [-0.15, -0.1) is 0 Å². The normalized spacial score (nSPS) is 20.2. The smallest absolute Gasteiger partial charge is 0.0610 e. The van der Waals surface area contributed by atoms with Crippen molar-refractivity contribution in [1.29, 1.82) is 0 Å². The predicted octanol–water partition coefficient (Wildman–Crippen LogP) is 0.919. The quantitative estimate of drug-likeness (QED) is 0.375. The van der Waals surface area contributed by atoms with E-state index in [1.165, 1.54) is 38.6 Å². The zero-order valence-electron chi connectivity index (χ0n) is 8.05. The minimum absolute atomic E-state index is 0.802. The van der Waals surface area contributed by atoms with Crippen LogP contribution in [-0.4, -0.2) is 25.2 Å². The van der Waals surface area contributed by atoms with E-state index in [1.807, 2.05) is 0 Å². The molecule has 0 amide bonds. The number of rotatable bonds is 4. The molecule has 1 aliphatic rings. The Kier molecular flexibility index (Phi) is 4.58. The summed E-state index contributed by atoms with van der Waals surface area (Å²) in [5.74, 6) is 6.16. The molecule has 12 heavy (non-hydrogen) atoms. The molecule has 0 aromatic carbocycles. The fourth-order valence-electron chi connectivity index (χ4n) is 2.03. The van der Waals surface area contributed by atoms with Crippen molar-refractivity contribution in [3.63, 3.8) is 0 Å². The SMILES string of the molecule is CN(CNN)CC1CCCCC1. The van der Waals surface area contributed by atoms with Gasteiger partial charge < -0.3 is 0 Å². The summed E-state index contributed by atoms with van der Waals surface area (Å²) in [4.78, 5) is 2.26. The molecule has 1 aliphatic carbocycles. The standard InChI is InChI=1S/C9H21N3/c1-12(8-11-10)7-9-5-3-2-4-6-9/h9,11H,2-8,10H2,1H3. The topological polar surface area (TPSA) is 41.3 Å². The molecule has 3 nitrogen and oxygen atoms in total. The third-order valence-corrected chi connectivity index (χ3v) is 2.66. The minimum Gasteiger partial charge on any atom is -0.292 e. The van der Waals surface area contributed by atoms with Gasteiger partial charge in [0.05, 0.1) is 6.67 Å². The average Bonchev–Trinajstić information content (AvgIpc) is 2.06. The molecule has 1 rings (SSSR count). The van der Waals surface area contributed by atoms with Gasteiger partial charge in [0.1, 0.15) is 0 Å². The summed E-state index contributed by atoms with van der Waals surface area (Å²) < 4.78 is 0. The first kappa shape index (κ1) is 9.96. The molecule has 72 valence electrons. The van der Waals surface area contributed by atoms with Crippen LogP contribution in [0.2, 0.25) is 0 Å². The summed E-state index contributed by atoms with van der Waals surface area (Å²) in [5.41, 5.74) is 2.68. The first-order valence-corrected chi connectivity index (χ1v) is 4.95. The van der Waals surface area contributed by atoms with Crippen LogP contribution in [0, 0.1) is 5.92 Å². The van der Waals surface area contributed by atoms with Crippen molar-refractivity contribution in [3.8, 4) is 0 Å². The second kappa shape index (κ2) is 5.51. The van der Waals surface area contributed by atoms with Crippen LogP contribution in [0.15, 0.2) is 0 Å². The van der Waals surface area contributed by atoms with Gasteiger partial charge in [-0.05, 0) is 25.8 Å². The van der Waals surface area contributed by atoms with Gasteiger partial charge in [-0.25, -0.2) is 5.43 Å². The summed E-state index contributed by atoms with van der Waals surface area (Å²) in [6.07, 6.45) is 7.11. The predicted molar refractivity (Wildman–Crippen MR) is 51.4 cm³/mol. The van der Waals surface area contributed by atoms with Gasteiger partial charge in [0.15, 0.2) is 0 Å². The highest BCUT2D eigenvalue weighted by Crippen LogP contribution is 2.23. The van der Waals surface area contributed by atoms with E-state index in [2.05, 4.69) is 17.4 Å². The zero-order valence-corrected chi connectivity index (χ0v) is 8.05. The van der Waals surface area contributed by atoms with Gasteiger partial charge in [0.2, 0.25) is 0 Å². The molecule has 1 fully saturated rings. The third-order valence-electron chi connectivity index (χ3n) is 2.66. The number of hydrazine groups is 1. The maximum absolute atomic E-state index is 5.24. The third kappa shape index (κ3) is 3.52. The Bertz CT molecular complexity index is 110. The summed E-state index contributed by atoms with van der Waals surface area (Å²) in [6, 6.07) is 0. The molecule has 0 spiro atoms. The van der Waals surface area contributed by atoms with Crippen LogP contribution in [0.3, 0.4) is 0 Å². The number of hydrogen-bond donors (Lipinski definition) is 2. The molecule has 1 saturated carbocycles. The van der Waals surface area contributed by atoms with Crippen LogP contribution in [0.25, 0.3) is 0 Å². The molecule has 0 radical (unpaired) electrons. The van der Waals surface area contributed by atoms with E-state index in [1.54, 1.807) is 0 Å². The summed E-state index contributed by atoms with van der Waals surface area (Å²) in [5, 5.41) is 0. The van der Waals surface area contributed by atoms with E-state index >= 15 is 0 Å². The second-order valence-electron chi connectivity index (χ2n) is 3.90. The lowest BCUT2D eigenvalue weighted by Gasteiger charge is -2.26.